The summed E-state index contributed by atoms with van der Waals surface area (Å²) in [5.74, 6) is 1.64. The fourth-order valence-electron chi connectivity index (χ4n) is 7.10. The van der Waals surface area contributed by atoms with Gasteiger partial charge in [0, 0.05) is 0 Å². The van der Waals surface area contributed by atoms with Crippen molar-refractivity contribution in [3.63, 3.8) is 0 Å². The first-order valence-corrected chi connectivity index (χ1v) is 15.5. The number of rotatable bonds is 11. The smallest absolute Gasteiger partial charge is 0.204 e. The zero-order valence-electron chi connectivity index (χ0n) is 24.1. The van der Waals surface area contributed by atoms with Crippen LogP contribution in [-0.4, -0.2) is 6.61 Å². The van der Waals surface area contributed by atoms with Gasteiger partial charge in [-0.1, -0.05) is 81.1 Å². The van der Waals surface area contributed by atoms with Gasteiger partial charge in [0.15, 0.2) is 11.5 Å². The summed E-state index contributed by atoms with van der Waals surface area (Å²) in [7, 11) is 0. The molecule has 0 bridgehead atoms. The minimum atomic E-state index is -1.02. The standard InChI is InChI=1S/C36H44F2O2/c1-3-5-26-10-18-32-23-27(11-19-31(32)22-26)7-6-25-8-14-29(15-9-25)30-16-12-28(13-17-30)24-40-34-21-20-33(39-4-2)35(37)36(34)38/h8-9,12-17,20-21,26-27,31-32H,3-7,10-11,18-19,22-24H2,1-2H3. The summed E-state index contributed by atoms with van der Waals surface area (Å²) in [4.78, 5) is 0. The molecule has 0 radical (unpaired) electrons. The SMILES string of the molecule is CCCC1CCC2CC(CCc3ccc(-c4ccc(COc5ccc(OCC)c(F)c5F)cc4)cc3)CCC2C1. The van der Waals surface area contributed by atoms with E-state index in [1.165, 1.54) is 87.5 Å². The molecule has 2 aliphatic carbocycles. The molecular weight excluding hydrogens is 502 g/mol. The summed E-state index contributed by atoms with van der Waals surface area (Å²) >= 11 is 0. The number of hydrogen-bond acceptors (Lipinski definition) is 2. The monoisotopic (exact) mass is 546 g/mol. The van der Waals surface area contributed by atoms with Crippen molar-refractivity contribution in [1.29, 1.82) is 0 Å². The van der Waals surface area contributed by atoms with Crippen molar-refractivity contribution in [2.45, 2.75) is 84.7 Å². The van der Waals surface area contributed by atoms with Gasteiger partial charge in [0.2, 0.25) is 11.6 Å². The van der Waals surface area contributed by atoms with E-state index >= 15 is 0 Å². The Balaban J connectivity index is 1.09. The van der Waals surface area contributed by atoms with Gasteiger partial charge in [-0.25, -0.2) is 0 Å². The van der Waals surface area contributed by atoms with Crippen LogP contribution >= 0.6 is 0 Å². The zero-order valence-corrected chi connectivity index (χ0v) is 24.1. The van der Waals surface area contributed by atoms with E-state index in [1.807, 2.05) is 12.1 Å². The molecule has 4 unspecified atom stereocenters. The Morgan fingerprint density at radius 1 is 0.625 bits per heavy atom. The first-order valence-electron chi connectivity index (χ1n) is 15.5. The van der Waals surface area contributed by atoms with E-state index in [0.717, 1.165) is 34.8 Å². The molecule has 4 heteroatoms. The Labute approximate surface area is 239 Å². The van der Waals surface area contributed by atoms with Crippen molar-refractivity contribution < 1.29 is 18.3 Å². The third-order valence-corrected chi connectivity index (χ3v) is 9.32. The topological polar surface area (TPSA) is 18.5 Å². The number of benzene rings is 3. The van der Waals surface area contributed by atoms with Gasteiger partial charge in [0.1, 0.15) is 6.61 Å². The highest BCUT2D eigenvalue weighted by atomic mass is 19.2. The van der Waals surface area contributed by atoms with Crippen LogP contribution in [0.2, 0.25) is 0 Å². The first-order chi connectivity index (χ1) is 19.5. The van der Waals surface area contributed by atoms with Crippen molar-refractivity contribution in [2.75, 3.05) is 6.61 Å². The summed E-state index contributed by atoms with van der Waals surface area (Å²) in [6.07, 6.45) is 14.1. The minimum absolute atomic E-state index is 0.102. The van der Waals surface area contributed by atoms with Gasteiger partial charge in [-0.05, 0) is 104 Å². The number of halogens is 2. The van der Waals surface area contributed by atoms with E-state index in [9.17, 15) is 8.78 Å². The number of aryl methyl sites for hydroxylation is 1. The molecule has 2 fully saturated rings. The highest BCUT2D eigenvalue weighted by molar-refractivity contribution is 5.64. The van der Waals surface area contributed by atoms with Gasteiger partial charge in [-0.2, -0.15) is 8.78 Å². The van der Waals surface area contributed by atoms with Gasteiger partial charge in [0.05, 0.1) is 6.61 Å². The molecule has 0 aromatic heterocycles. The average Bonchev–Trinajstić information content (AvgIpc) is 2.99. The van der Waals surface area contributed by atoms with Gasteiger partial charge >= 0.3 is 0 Å². The van der Waals surface area contributed by atoms with E-state index in [2.05, 4.69) is 43.3 Å². The molecule has 0 N–H and O–H groups in total. The fraction of sp³-hybridized carbons (Fsp3) is 0.500. The second kappa shape index (κ2) is 13.7. The second-order valence-electron chi connectivity index (χ2n) is 12.0. The number of fused-ring (bicyclic) bond motifs is 1. The maximum Gasteiger partial charge on any atom is 0.204 e. The van der Waals surface area contributed by atoms with Crippen LogP contribution in [0, 0.1) is 35.3 Å². The number of ether oxygens (including phenoxy) is 2. The fourth-order valence-corrected chi connectivity index (χ4v) is 7.10. The molecule has 3 aromatic rings. The molecule has 2 nitrogen and oxygen atoms in total. The van der Waals surface area contributed by atoms with Gasteiger partial charge in [0.25, 0.3) is 0 Å². The molecule has 40 heavy (non-hydrogen) atoms. The summed E-state index contributed by atoms with van der Waals surface area (Å²) in [6, 6.07) is 19.8. The van der Waals surface area contributed by atoms with Crippen molar-refractivity contribution >= 4 is 0 Å². The molecular formula is C36H44F2O2. The minimum Gasteiger partial charge on any atom is -0.491 e. The molecule has 2 aliphatic rings. The van der Waals surface area contributed by atoms with E-state index in [0.29, 0.717) is 0 Å². The van der Waals surface area contributed by atoms with E-state index in [4.69, 9.17) is 9.47 Å². The summed E-state index contributed by atoms with van der Waals surface area (Å²) in [5, 5.41) is 0. The summed E-state index contributed by atoms with van der Waals surface area (Å²) in [5.41, 5.74) is 4.63. The average molecular weight is 547 g/mol. The molecule has 3 aromatic carbocycles. The maximum atomic E-state index is 14.3. The van der Waals surface area contributed by atoms with Gasteiger partial charge < -0.3 is 9.47 Å². The molecule has 2 saturated carbocycles. The van der Waals surface area contributed by atoms with E-state index in [-0.39, 0.29) is 24.7 Å². The molecule has 0 amide bonds. The Kier molecular flexibility index (Phi) is 9.78. The normalized spacial score (nSPS) is 22.5. The Bertz CT molecular complexity index is 1220. The lowest BCUT2D eigenvalue weighted by atomic mass is 9.63. The Morgan fingerprint density at radius 3 is 1.70 bits per heavy atom. The second-order valence-corrected chi connectivity index (χ2v) is 12.0. The van der Waals surface area contributed by atoms with Crippen LogP contribution in [0.15, 0.2) is 60.7 Å². The Hall–Kier alpha value is -2.88. The third-order valence-electron chi connectivity index (χ3n) is 9.32. The van der Waals surface area contributed by atoms with Crippen molar-refractivity contribution in [2.24, 2.45) is 23.7 Å². The molecule has 0 spiro atoms. The van der Waals surface area contributed by atoms with Gasteiger partial charge in [-0.3, -0.25) is 0 Å². The lowest BCUT2D eigenvalue weighted by Gasteiger charge is -2.42. The third kappa shape index (κ3) is 7.06. The van der Waals surface area contributed by atoms with E-state index in [1.54, 1.807) is 6.92 Å². The van der Waals surface area contributed by atoms with Gasteiger partial charge in [-0.15, -0.1) is 0 Å². The molecule has 0 saturated heterocycles. The van der Waals surface area contributed by atoms with Crippen molar-refractivity contribution in [3.8, 4) is 22.6 Å². The predicted octanol–water partition coefficient (Wildman–Crippen LogP) is 10.2. The van der Waals surface area contributed by atoms with E-state index < -0.39 is 11.6 Å². The van der Waals surface area contributed by atoms with Crippen LogP contribution in [-0.2, 0) is 13.0 Å². The van der Waals surface area contributed by atoms with Crippen molar-refractivity contribution in [1.82, 2.24) is 0 Å². The zero-order chi connectivity index (χ0) is 27.9. The predicted molar refractivity (Wildman–Crippen MR) is 159 cm³/mol. The van der Waals surface area contributed by atoms with Crippen LogP contribution in [0.1, 0.15) is 82.8 Å². The maximum absolute atomic E-state index is 14.3. The number of hydrogen-bond donors (Lipinski definition) is 0. The van der Waals surface area contributed by atoms with Crippen LogP contribution in [0.5, 0.6) is 11.5 Å². The molecule has 0 heterocycles. The highest BCUT2D eigenvalue weighted by Crippen LogP contribution is 2.46. The first kappa shape index (κ1) is 28.6. The molecule has 4 atom stereocenters. The lowest BCUT2D eigenvalue weighted by molar-refractivity contribution is 0.0921. The summed E-state index contributed by atoms with van der Waals surface area (Å²) in [6.45, 7) is 4.49. The van der Waals surface area contributed by atoms with Crippen LogP contribution in [0.25, 0.3) is 11.1 Å². The highest BCUT2D eigenvalue weighted by Gasteiger charge is 2.35. The van der Waals surface area contributed by atoms with Crippen LogP contribution in [0.3, 0.4) is 0 Å². The van der Waals surface area contributed by atoms with Crippen molar-refractivity contribution in [3.05, 3.63) is 83.4 Å². The largest absolute Gasteiger partial charge is 0.491 e. The molecule has 5 rings (SSSR count). The quantitative estimate of drug-likeness (QED) is 0.238. The lowest BCUT2D eigenvalue weighted by Crippen LogP contribution is -2.31. The molecule has 214 valence electrons. The summed E-state index contributed by atoms with van der Waals surface area (Å²) < 4.78 is 39.0. The molecule has 0 aliphatic heterocycles. The van der Waals surface area contributed by atoms with Crippen LogP contribution < -0.4 is 9.47 Å². The Morgan fingerprint density at radius 2 is 1.15 bits per heavy atom. The van der Waals surface area contributed by atoms with Crippen LogP contribution in [0.4, 0.5) is 8.78 Å².